The maximum Gasteiger partial charge on any atom is 0.358 e. The molecule has 2 amide bonds. The highest BCUT2D eigenvalue weighted by Crippen LogP contribution is 2.48. The van der Waals surface area contributed by atoms with Gasteiger partial charge in [-0.15, -0.1) is 11.3 Å². The largest absolute Gasteiger partial charge is 0.428 e. The van der Waals surface area contributed by atoms with Crippen molar-refractivity contribution in [1.82, 2.24) is 10.2 Å². The van der Waals surface area contributed by atoms with Gasteiger partial charge in [-0.05, 0) is 25.5 Å². The van der Waals surface area contributed by atoms with Crippen LogP contribution in [0.15, 0.2) is 17.8 Å². The minimum Gasteiger partial charge on any atom is -0.428 e. The molecule has 0 bridgehead atoms. The molecule has 2 N–H and O–H groups in total. The van der Waals surface area contributed by atoms with Gasteiger partial charge in [0.15, 0.2) is 0 Å². The number of esters is 2. The lowest BCUT2D eigenvalue weighted by atomic mass is 9.83. The summed E-state index contributed by atoms with van der Waals surface area (Å²) in [5.41, 5.74) is 0.624. The fourth-order valence-electron chi connectivity index (χ4n) is 3.46. The third kappa shape index (κ3) is 3.40. The Morgan fingerprint density at radius 1 is 1.36 bits per heavy atom. The molecule has 28 heavy (non-hydrogen) atoms. The normalized spacial score (nSPS) is 21.7. The standard InChI is InChI=1S/C18H20N2O7S/c1-8(21)14-11-6-10(12-4-5-13(28-12)16(23)19-3)15(20(11)17(14)24)18(25)27-7-26-9(2)22/h4-5,8,11,14,21H,6-7H2,1-3H3,(H,19,23). The van der Waals surface area contributed by atoms with E-state index in [9.17, 15) is 24.3 Å². The van der Waals surface area contributed by atoms with Crippen LogP contribution in [-0.2, 0) is 23.9 Å². The summed E-state index contributed by atoms with van der Waals surface area (Å²) < 4.78 is 9.62. The zero-order chi connectivity index (χ0) is 20.6. The van der Waals surface area contributed by atoms with Gasteiger partial charge in [0.2, 0.25) is 12.7 Å². The second-order valence-corrected chi connectivity index (χ2v) is 7.59. The van der Waals surface area contributed by atoms with Gasteiger partial charge in [-0.1, -0.05) is 0 Å². The van der Waals surface area contributed by atoms with E-state index in [1.54, 1.807) is 12.1 Å². The molecule has 2 aliphatic rings. The number of rotatable bonds is 6. The summed E-state index contributed by atoms with van der Waals surface area (Å²) in [6.07, 6.45) is -0.497. The minimum atomic E-state index is -0.851. The van der Waals surface area contributed by atoms with E-state index in [2.05, 4.69) is 10.1 Å². The van der Waals surface area contributed by atoms with Crippen LogP contribution >= 0.6 is 11.3 Å². The van der Waals surface area contributed by atoms with Gasteiger partial charge < -0.3 is 24.8 Å². The Kier molecular flexibility index (Phi) is 5.52. The van der Waals surface area contributed by atoms with Crippen LogP contribution in [0.2, 0.25) is 0 Å². The van der Waals surface area contributed by atoms with E-state index in [-0.39, 0.29) is 23.6 Å². The molecular weight excluding hydrogens is 388 g/mol. The summed E-state index contributed by atoms with van der Waals surface area (Å²) in [5, 5.41) is 12.4. The van der Waals surface area contributed by atoms with Gasteiger partial charge in [-0.2, -0.15) is 0 Å². The van der Waals surface area contributed by atoms with Crippen LogP contribution in [0.5, 0.6) is 0 Å². The van der Waals surface area contributed by atoms with Crippen LogP contribution in [-0.4, -0.2) is 59.7 Å². The minimum absolute atomic E-state index is 0.0596. The van der Waals surface area contributed by atoms with Crippen molar-refractivity contribution in [2.24, 2.45) is 5.92 Å². The van der Waals surface area contributed by atoms with Gasteiger partial charge in [0.05, 0.1) is 22.9 Å². The summed E-state index contributed by atoms with van der Waals surface area (Å²) in [6, 6.07) is 2.98. The van der Waals surface area contributed by atoms with Gasteiger partial charge in [0.1, 0.15) is 5.70 Å². The first-order valence-corrected chi connectivity index (χ1v) is 9.45. The summed E-state index contributed by atoms with van der Waals surface area (Å²) in [5.74, 6) is -2.63. The van der Waals surface area contributed by atoms with Crippen LogP contribution in [0.25, 0.3) is 5.57 Å². The Labute approximate surface area is 164 Å². The molecule has 3 unspecified atom stereocenters. The van der Waals surface area contributed by atoms with Crippen molar-refractivity contribution in [3.63, 3.8) is 0 Å². The number of amides is 2. The quantitative estimate of drug-likeness (QED) is 0.399. The third-order valence-corrected chi connectivity index (χ3v) is 5.87. The Bertz CT molecular complexity index is 873. The third-order valence-electron chi connectivity index (χ3n) is 4.73. The van der Waals surface area contributed by atoms with Gasteiger partial charge in [0, 0.05) is 24.4 Å². The van der Waals surface area contributed by atoms with Crippen molar-refractivity contribution < 1.29 is 33.8 Å². The number of carbonyl (C=O) groups excluding carboxylic acids is 4. The first-order chi connectivity index (χ1) is 13.3. The van der Waals surface area contributed by atoms with E-state index < -0.39 is 30.8 Å². The molecule has 1 aromatic rings. The van der Waals surface area contributed by atoms with Gasteiger partial charge in [0.25, 0.3) is 5.91 Å². The van der Waals surface area contributed by atoms with Crippen LogP contribution in [0.4, 0.5) is 0 Å². The lowest BCUT2D eigenvalue weighted by molar-refractivity contribution is -0.170. The fraction of sp³-hybridized carbons (Fsp3) is 0.444. The molecule has 1 aromatic heterocycles. The number of β-lactam (4-membered cyclic amide) rings is 1. The predicted molar refractivity (Wildman–Crippen MR) is 97.8 cm³/mol. The predicted octanol–water partition coefficient (Wildman–Crippen LogP) is 0.494. The summed E-state index contributed by atoms with van der Waals surface area (Å²) in [6.45, 7) is 2.15. The fourth-order valence-corrected chi connectivity index (χ4v) is 4.47. The molecule has 3 rings (SSSR count). The molecule has 150 valence electrons. The molecule has 1 saturated heterocycles. The van der Waals surface area contributed by atoms with E-state index in [1.807, 2.05) is 0 Å². The molecular formula is C18H20N2O7S. The van der Waals surface area contributed by atoms with Crippen molar-refractivity contribution in [3.8, 4) is 0 Å². The second-order valence-electron chi connectivity index (χ2n) is 6.50. The zero-order valence-corrected chi connectivity index (χ0v) is 16.4. The van der Waals surface area contributed by atoms with Crippen molar-refractivity contribution in [1.29, 1.82) is 0 Å². The smallest absolute Gasteiger partial charge is 0.358 e. The number of aliphatic hydroxyl groups is 1. The first-order valence-electron chi connectivity index (χ1n) is 8.63. The highest BCUT2D eigenvalue weighted by atomic mass is 32.1. The van der Waals surface area contributed by atoms with Gasteiger partial charge >= 0.3 is 11.9 Å². The molecule has 0 aliphatic carbocycles. The van der Waals surface area contributed by atoms with Crippen LogP contribution in [0.1, 0.15) is 34.8 Å². The summed E-state index contributed by atoms with van der Waals surface area (Å²) in [7, 11) is 1.52. The number of fused-ring (bicyclic) bond motifs is 1. The van der Waals surface area contributed by atoms with Crippen molar-refractivity contribution in [2.45, 2.75) is 32.4 Å². The lowest BCUT2D eigenvalue weighted by Gasteiger charge is -2.44. The van der Waals surface area contributed by atoms with E-state index in [0.717, 1.165) is 0 Å². The van der Waals surface area contributed by atoms with Gasteiger partial charge in [-0.25, -0.2) is 4.79 Å². The monoisotopic (exact) mass is 408 g/mol. The van der Waals surface area contributed by atoms with Gasteiger partial charge in [-0.3, -0.25) is 14.4 Å². The zero-order valence-electron chi connectivity index (χ0n) is 15.6. The molecule has 0 aromatic carbocycles. The SMILES string of the molecule is CNC(=O)c1ccc(C2=C(C(=O)OCOC(C)=O)N3C(=O)C(C(C)O)C3C2)s1. The molecule has 9 nitrogen and oxygen atoms in total. The molecule has 1 fully saturated rings. The lowest BCUT2D eigenvalue weighted by Crippen LogP contribution is -2.61. The van der Waals surface area contributed by atoms with E-state index in [4.69, 9.17) is 4.74 Å². The van der Waals surface area contributed by atoms with Crippen molar-refractivity contribution in [2.75, 3.05) is 13.8 Å². The Hall–Kier alpha value is -2.72. The van der Waals surface area contributed by atoms with E-state index in [0.29, 0.717) is 21.7 Å². The maximum absolute atomic E-state index is 12.6. The molecule has 3 heterocycles. The highest BCUT2D eigenvalue weighted by molar-refractivity contribution is 7.15. The van der Waals surface area contributed by atoms with E-state index in [1.165, 1.54) is 37.1 Å². The molecule has 3 atom stereocenters. The average molecular weight is 408 g/mol. The number of hydrogen-bond donors (Lipinski definition) is 2. The maximum atomic E-state index is 12.6. The van der Waals surface area contributed by atoms with Crippen molar-refractivity contribution >= 4 is 40.7 Å². The Balaban J connectivity index is 1.92. The topological polar surface area (TPSA) is 122 Å². The second kappa shape index (κ2) is 7.72. The number of hydrogen-bond acceptors (Lipinski definition) is 8. The molecule has 0 spiro atoms. The number of nitrogens with one attached hydrogen (secondary N) is 1. The summed E-state index contributed by atoms with van der Waals surface area (Å²) >= 11 is 1.19. The average Bonchev–Trinajstić information content (AvgIpc) is 3.23. The number of aliphatic hydroxyl groups excluding tert-OH is 1. The number of ether oxygens (including phenoxy) is 2. The molecule has 0 radical (unpaired) electrons. The highest BCUT2D eigenvalue weighted by Gasteiger charge is 2.57. The van der Waals surface area contributed by atoms with E-state index >= 15 is 0 Å². The molecule has 0 saturated carbocycles. The molecule has 10 heteroatoms. The Morgan fingerprint density at radius 3 is 2.68 bits per heavy atom. The van der Waals surface area contributed by atoms with Crippen LogP contribution in [0, 0.1) is 5.92 Å². The van der Waals surface area contributed by atoms with Crippen LogP contribution in [0.3, 0.4) is 0 Å². The van der Waals surface area contributed by atoms with Crippen LogP contribution < -0.4 is 5.32 Å². The first kappa shape index (κ1) is 20.0. The summed E-state index contributed by atoms with van der Waals surface area (Å²) in [4.78, 5) is 50.3. The van der Waals surface area contributed by atoms with Crippen molar-refractivity contribution in [3.05, 3.63) is 27.6 Å². The number of carbonyl (C=O) groups is 4. The number of nitrogens with zero attached hydrogens (tertiary/aromatic N) is 1. The Morgan fingerprint density at radius 2 is 2.07 bits per heavy atom. The number of thiophene rings is 1. The molecule has 2 aliphatic heterocycles.